The molecule has 0 heterocycles. The second kappa shape index (κ2) is 10.9. The standard InChI is InChI=1S/C24H15ClF6N2O4/c1-23(11-32,33-22(34)13-2-5-16(6-3-13)37-24(29,30)31)12-35-20-8-14(25)4-7-19(20)36-21-17(27)9-15(26)10-18(21)28/h2-10H,12H2,1H3,(H,33,34). The van der Waals surface area contributed by atoms with Gasteiger partial charge in [0.25, 0.3) is 5.91 Å². The molecule has 0 spiro atoms. The summed E-state index contributed by atoms with van der Waals surface area (Å²) >= 11 is 5.96. The summed E-state index contributed by atoms with van der Waals surface area (Å²) < 4.78 is 92.6. The monoisotopic (exact) mass is 544 g/mol. The Morgan fingerprint density at radius 2 is 1.62 bits per heavy atom. The van der Waals surface area contributed by atoms with Gasteiger partial charge in [0.05, 0.1) is 6.07 Å². The van der Waals surface area contributed by atoms with Crippen LogP contribution >= 0.6 is 11.6 Å². The molecule has 3 aromatic rings. The maximum Gasteiger partial charge on any atom is 0.573 e. The molecule has 0 radical (unpaired) electrons. The molecular formula is C24H15ClF6N2O4. The van der Waals surface area contributed by atoms with Crippen molar-refractivity contribution in [3.63, 3.8) is 0 Å². The van der Waals surface area contributed by atoms with Crippen LogP contribution in [0.5, 0.6) is 23.0 Å². The molecule has 1 atom stereocenters. The summed E-state index contributed by atoms with van der Waals surface area (Å²) in [5.41, 5.74) is -1.77. The smallest absolute Gasteiger partial charge is 0.486 e. The predicted molar refractivity (Wildman–Crippen MR) is 118 cm³/mol. The minimum atomic E-state index is -4.91. The minimum Gasteiger partial charge on any atom is -0.486 e. The average Bonchev–Trinajstić information content (AvgIpc) is 2.80. The molecule has 0 saturated carbocycles. The van der Waals surface area contributed by atoms with Gasteiger partial charge in [0.1, 0.15) is 18.2 Å². The van der Waals surface area contributed by atoms with Crippen molar-refractivity contribution < 1.29 is 45.3 Å². The van der Waals surface area contributed by atoms with Gasteiger partial charge < -0.3 is 19.5 Å². The molecule has 1 unspecified atom stereocenters. The largest absolute Gasteiger partial charge is 0.573 e. The minimum absolute atomic E-state index is 0.0787. The number of nitrogens with zero attached hydrogens (tertiary/aromatic N) is 1. The number of carbonyl (C=O) groups excluding carboxylic acids is 1. The molecule has 0 fully saturated rings. The van der Waals surface area contributed by atoms with Crippen molar-refractivity contribution in [3.05, 3.63) is 82.6 Å². The fourth-order valence-corrected chi connectivity index (χ4v) is 3.03. The highest BCUT2D eigenvalue weighted by atomic mass is 35.5. The Hall–Kier alpha value is -4.11. The Kier molecular flexibility index (Phi) is 8.08. The number of alkyl halides is 3. The molecular weight excluding hydrogens is 530 g/mol. The van der Waals surface area contributed by atoms with Gasteiger partial charge in [-0.1, -0.05) is 11.6 Å². The Labute approximate surface area is 210 Å². The van der Waals surface area contributed by atoms with E-state index in [1.165, 1.54) is 25.1 Å². The number of hydrogen-bond donors (Lipinski definition) is 1. The molecule has 0 saturated heterocycles. The fourth-order valence-electron chi connectivity index (χ4n) is 2.86. The Bertz CT molecular complexity index is 1320. The van der Waals surface area contributed by atoms with Crippen molar-refractivity contribution in [2.45, 2.75) is 18.8 Å². The number of ether oxygens (including phenoxy) is 3. The molecule has 1 amide bonds. The number of rotatable bonds is 8. The summed E-state index contributed by atoms with van der Waals surface area (Å²) in [4.78, 5) is 12.6. The van der Waals surface area contributed by atoms with Crippen LogP contribution in [0.15, 0.2) is 54.6 Å². The van der Waals surface area contributed by atoms with Crippen LogP contribution in [0.2, 0.25) is 5.02 Å². The SMILES string of the molecule is CC(C#N)(COc1cc(Cl)ccc1Oc1c(F)cc(F)cc1F)NC(=O)c1ccc(OC(F)(F)F)cc1. The zero-order valence-electron chi connectivity index (χ0n) is 18.6. The molecule has 1 N–H and O–H groups in total. The van der Waals surface area contributed by atoms with Gasteiger partial charge in [0, 0.05) is 28.8 Å². The van der Waals surface area contributed by atoms with Crippen molar-refractivity contribution in [2.24, 2.45) is 0 Å². The highest BCUT2D eigenvalue weighted by Gasteiger charge is 2.32. The van der Waals surface area contributed by atoms with Gasteiger partial charge in [-0.25, -0.2) is 13.2 Å². The first-order chi connectivity index (χ1) is 17.3. The summed E-state index contributed by atoms with van der Waals surface area (Å²) in [5.74, 6) is -6.47. The van der Waals surface area contributed by atoms with Gasteiger partial charge in [0.15, 0.2) is 34.4 Å². The first-order valence-corrected chi connectivity index (χ1v) is 10.5. The average molecular weight is 545 g/mol. The second-order valence-corrected chi connectivity index (χ2v) is 8.09. The first-order valence-electron chi connectivity index (χ1n) is 10.1. The van der Waals surface area contributed by atoms with Gasteiger partial charge in [-0.3, -0.25) is 4.79 Å². The Morgan fingerprint density at radius 3 is 2.19 bits per heavy atom. The zero-order valence-corrected chi connectivity index (χ0v) is 19.4. The van der Waals surface area contributed by atoms with Gasteiger partial charge in [-0.15, -0.1) is 13.2 Å². The second-order valence-electron chi connectivity index (χ2n) is 7.65. The van der Waals surface area contributed by atoms with E-state index >= 15 is 0 Å². The van der Waals surface area contributed by atoms with Crippen molar-refractivity contribution in [2.75, 3.05) is 6.61 Å². The number of halogens is 7. The number of hydrogen-bond acceptors (Lipinski definition) is 5. The van der Waals surface area contributed by atoms with E-state index in [0.717, 1.165) is 24.3 Å². The first kappa shape index (κ1) is 27.5. The van der Waals surface area contributed by atoms with E-state index in [-0.39, 0.29) is 22.1 Å². The maximum absolute atomic E-state index is 14.0. The van der Waals surface area contributed by atoms with E-state index in [2.05, 4.69) is 10.1 Å². The molecule has 0 bridgehead atoms. The lowest BCUT2D eigenvalue weighted by Gasteiger charge is -2.24. The van der Waals surface area contributed by atoms with E-state index in [1.807, 2.05) is 6.07 Å². The molecule has 0 aliphatic heterocycles. The molecule has 3 aromatic carbocycles. The van der Waals surface area contributed by atoms with Crippen LogP contribution in [0.4, 0.5) is 26.3 Å². The molecule has 0 aliphatic carbocycles. The van der Waals surface area contributed by atoms with E-state index in [4.69, 9.17) is 21.1 Å². The molecule has 37 heavy (non-hydrogen) atoms. The van der Waals surface area contributed by atoms with E-state index < -0.39 is 53.4 Å². The number of amides is 1. The van der Waals surface area contributed by atoms with Gasteiger partial charge >= 0.3 is 6.36 Å². The number of nitriles is 1. The third-order valence-electron chi connectivity index (χ3n) is 4.58. The van der Waals surface area contributed by atoms with Crippen LogP contribution in [0.3, 0.4) is 0 Å². The molecule has 194 valence electrons. The molecule has 0 aliphatic rings. The fraction of sp³-hybridized carbons (Fsp3) is 0.167. The van der Waals surface area contributed by atoms with Crippen molar-refractivity contribution in [1.82, 2.24) is 5.32 Å². The molecule has 0 aromatic heterocycles. The van der Waals surface area contributed by atoms with Gasteiger partial charge in [-0.2, -0.15) is 5.26 Å². The number of nitrogens with one attached hydrogen (secondary N) is 1. The molecule has 6 nitrogen and oxygen atoms in total. The summed E-state index contributed by atoms with van der Waals surface area (Å²) in [7, 11) is 0. The number of benzene rings is 3. The maximum atomic E-state index is 14.0. The van der Waals surface area contributed by atoms with Crippen LogP contribution in [0.1, 0.15) is 17.3 Å². The number of carbonyl (C=O) groups is 1. The summed E-state index contributed by atoms with van der Waals surface area (Å²) in [6.07, 6.45) is -4.91. The zero-order chi connectivity index (χ0) is 27.4. The third-order valence-corrected chi connectivity index (χ3v) is 4.82. The summed E-state index contributed by atoms with van der Waals surface area (Å²) in [6.45, 7) is 0.770. The highest BCUT2D eigenvalue weighted by Crippen LogP contribution is 2.36. The Balaban J connectivity index is 1.75. The normalized spacial score (nSPS) is 12.7. The van der Waals surface area contributed by atoms with Gasteiger partial charge in [-0.05, 0) is 43.3 Å². The summed E-state index contributed by atoms with van der Waals surface area (Å²) in [6, 6.07) is 10.4. The van der Waals surface area contributed by atoms with Crippen LogP contribution in [-0.2, 0) is 0 Å². The quantitative estimate of drug-likeness (QED) is 0.326. The van der Waals surface area contributed by atoms with E-state index in [0.29, 0.717) is 12.1 Å². The molecule has 3 rings (SSSR count). The topological polar surface area (TPSA) is 80.6 Å². The van der Waals surface area contributed by atoms with E-state index in [9.17, 15) is 36.4 Å². The lowest BCUT2D eigenvalue weighted by molar-refractivity contribution is -0.274. The highest BCUT2D eigenvalue weighted by molar-refractivity contribution is 6.30. The van der Waals surface area contributed by atoms with Crippen LogP contribution in [-0.4, -0.2) is 24.4 Å². The van der Waals surface area contributed by atoms with Crippen LogP contribution in [0, 0.1) is 28.8 Å². The lowest BCUT2D eigenvalue weighted by atomic mass is 10.0. The third kappa shape index (κ3) is 7.44. The Morgan fingerprint density at radius 1 is 1.00 bits per heavy atom. The van der Waals surface area contributed by atoms with Crippen molar-refractivity contribution in [1.29, 1.82) is 5.26 Å². The predicted octanol–water partition coefficient (Wildman–Crippen LogP) is 6.54. The lowest BCUT2D eigenvalue weighted by Crippen LogP contribution is -2.49. The summed E-state index contributed by atoms with van der Waals surface area (Å²) in [5, 5.41) is 12.1. The molecule has 13 heteroatoms. The van der Waals surface area contributed by atoms with Crippen LogP contribution < -0.4 is 19.5 Å². The van der Waals surface area contributed by atoms with Crippen molar-refractivity contribution in [3.8, 4) is 29.1 Å². The van der Waals surface area contributed by atoms with Gasteiger partial charge in [0.2, 0.25) is 0 Å². The van der Waals surface area contributed by atoms with E-state index in [1.54, 1.807) is 0 Å². The van der Waals surface area contributed by atoms with Crippen molar-refractivity contribution >= 4 is 17.5 Å². The van der Waals surface area contributed by atoms with Crippen LogP contribution in [0.25, 0.3) is 0 Å².